The monoisotopic (exact) mass is 480 g/mol. The fourth-order valence-corrected chi connectivity index (χ4v) is 4.31. The second kappa shape index (κ2) is 7.44. The first-order chi connectivity index (χ1) is 14.0. The number of carbonyl (C=O) groups excluding carboxylic acids is 1. The zero-order valence-electron chi connectivity index (χ0n) is 17.2. The van der Waals surface area contributed by atoms with E-state index in [4.69, 9.17) is 4.74 Å². The van der Waals surface area contributed by atoms with E-state index in [0.717, 1.165) is 5.52 Å². The minimum absolute atomic E-state index is 0.0555. The van der Waals surface area contributed by atoms with Gasteiger partial charge in [0.15, 0.2) is 0 Å². The van der Waals surface area contributed by atoms with Gasteiger partial charge < -0.3 is 14.2 Å². The Morgan fingerprint density at radius 1 is 1.30 bits per heavy atom. The van der Waals surface area contributed by atoms with Crippen LogP contribution in [0.25, 0.3) is 21.9 Å². The molecule has 2 aromatic heterocycles. The third kappa shape index (κ3) is 3.75. The predicted octanol–water partition coefficient (Wildman–Crippen LogP) is 5.31. The Labute approximate surface area is 181 Å². The van der Waals surface area contributed by atoms with Gasteiger partial charge >= 0.3 is 6.09 Å². The molecule has 160 valence electrons. The summed E-state index contributed by atoms with van der Waals surface area (Å²) in [4.78, 5) is 22.6. The number of halogens is 3. The van der Waals surface area contributed by atoms with Crippen molar-refractivity contribution in [1.82, 2.24) is 19.4 Å². The van der Waals surface area contributed by atoms with E-state index in [0.29, 0.717) is 39.7 Å². The highest BCUT2D eigenvalue weighted by Crippen LogP contribution is 2.35. The average molecular weight is 481 g/mol. The number of aromatic nitrogens is 3. The van der Waals surface area contributed by atoms with Crippen molar-refractivity contribution in [2.45, 2.75) is 51.9 Å². The highest BCUT2D eigenvalue weighted by molar-refractivity contribution is 9.10. The van der Waals surface area contributed by atoms with Crippen molar-refractivity contribution >= 4 is 44.0 Å². The molecule has 0 radical (unpaired) electrons. The lowest BCUT2D eigenvalue weighted by atomic mass is 10.0. The van der Waals surface area contributed by atoms with E-state index in [1.54, 1.807) is 33.0 Å². The Morgan fingerprint density at radius 3 is 2.70 bits per heavy atom. The second-order valence-electron chi connectivity index (χ2n) is 8.60. The zero-order valence-corrected chi connectivity index (χ0v) is 18.8. The van der Waals surface area contributed by atoms with Gasteiger partial charge in [-0.2, -0.15) is 0 Å². The number of amides is 1. The van der Waals surface area contributed by atoms with Crippen molar-refractivity contribution in [2.24, 2.45) is 0 Å². The van der Waals surface area contributed by atoms with Crippen LogP contribution in [0, 0.1) is 12.7 Å². The molecule has 1 fully saturated rings. The smallest absolute Gasteiger partial charge is 0.410 e. The number of imidazole rings is 1. The molecule has 3 heterocycles. The summed E-state index contributed by atoms with van der Waals surface area (Å²) in [5.74, 6) is 0.240. The van der Waals surface area contributed by atoms with Crippen molar-refractivity contribution in [3.8, 4) is 0 Å². The van der Waals surface area contributed by atoms with Gasteiger partial charge in [0.25, 0.3) is 0 Å². The maximum absolute atomic E-state index is 15.3. The lowest BCUT2D eigenvalue weighted by Crippen LogP contribution is -2.47. The first-order valence-electron chi connectivity index (χ1n) is 9.79. The van der Waals surface area contributed by atoms with E-state index < -0.39 is 29.7 Å². The molecule has 0 spiro atoms. The standard InChI is InChI=1S/C21H23BrF2N4O2/c1-11-26-17-9-25-16-8-14(23)13(22)7-12(16)19(17)28(11)18-5-6-27(10-15(18)24)20(29)30-21(2,3)4/h7-9,15,18H,5-6,10H2,1-4H3/t15-,18-/m0/s1. The number of nitrogens with zero attached hydrogens (tertiary/aromatic N) is 4. The van der Waals surface area contributed by atoms with Gasteiger partial charge in [0.1, 0.15) is 28.9 Å². The van der Waals surface area contributed by atoms with Gasteiger partial charge in [-0.3, -0.25) is 4.98 Å². The van der Waals surface area contributed by atoms with Crippen LogP contribution in [0.2, 0.25) is 0 Å². The number of hydrogen-bond acceptors (Lipinski definition) is 4. The van der Waals surface area contributed by atoms with Crippen molar-refractivity contribution in [3.05, 3.63) is 34.4 Å². The summed E-state index contributed by atoms with van der Waals surface area (Å²) in [6.07, 6.45) is 0.190. The lowest BCUT2D eigenvalue weighted by Gasteiger charge is -2.36. The van der Waals surface area contributed by atoms with Crippen LogP contribution < -0.4 is 0 Å². The molecule has 1 aliphatic rings. The second-order valence-corrected chi connectivity index (χ2v) is 9.46. The van der Waals surface area contributed by atoms with Gasteiger partial charge in [-0.05, 0) is 56.1 Å². The van der Waals surface area contributed by atoms with Crippen molar-refractivity contribution in [1.29, 1.82) is 0 Å². The lowest BCUT2D eigenvalue weighted by molar-refractivity contribution is 0.00694. The number of likely N-dealkylation sites (tertiary alicyclic amines) is 1. The number of aryl methyl sites for hydroxylation is 1. The number of benzene rings is 1. The van der Waals surface area contributed by atoms with Crippen LogP contribution in [0.1, 0.15) is 39.1 Å². The molecular formula is C21H23BrF2N4O2. The summed E-state index contributed by atoms with van der Waals surface area (Å²) in [7, 11) is 0. The molecule has 0 aliphatic carbocycles. The van der Waals surface area contributed by atoms with Crippen LogP contribution in [-0.2, 0) is 4.74 Å². The molecule has 3 aromatic rings. The molecule has 0 saturated carbocycles. The van der Waals surface area contributed by atoms with Crippen LogP contribution >= 0.6 is 15.9 Å². The van der Waals surface area contributed by atoms with E-state index in [2.05, 4.69) is 25.9 Å². The van der Waals surface area contributed by atoms with Crippen LogP contribution in [-0.4, -0.2) is 50.4 Å². The van der Waals surface area contributed by atoms with Crippen LogP contribution in [0.4, 0.5) is 13.6 Å². The summed E-state index contributed by atoms with van der Waals surface area (Å²) in [5.41, 5.74) is 1.19. The van der Waals surface area contributed by atoms with Crippen LogP contribution in [0.3, 0.4) is 0 Å². The van der Waals surface area contributed by atoms with Crippen molar-refractivity contribution < 1.29 is 18.3 Å². The highest BCUT2D eigenvalue weighted by Gasteiger charge is 2.36. The number of ether oxygens (including phenoxy) is 1. The summed E-state index contributed by atoms with van der Waals surface area (Å²) in [6, 6.07) is 2.51. The van der Waals surface area contributed by atoms with Gasteiger partial charge in [-0.25, -0.2) is 18.6 Å². The first-order valence-corrected chi connectivity index (χ1v) is 10.6. The Balaban J connectivity index is 1.72. The normalized spacial score (nSPS) is 20.2. The first kappa shape index (κ1) is 21.0. The number of piperidine rings is 1. The largest absolute Gasteiger partial charge is 0.444 e. The summed E-state index contributed by atoms with van der Waals surface area (Å²) < 4.78 is 36.9. The number of fused-ring (bicyclic) bond motifs is 3. The molecule has 1 aliphatic heterocycles. The predicted molar refractivity (Wildman–Crippen MR) is 114 cm³/mol. The fourth-order valence-electron chi connectivity index (χ4n) is 3.97. The van der Waals surface area contributed by atoms with Gasteiger partial charge in [0, 0.05) is 18.0 Å². The van der Waals surface area contributed by atoms with Crippen LogP contribution in [0.5, 0.6) is 0 Å². The molecule has 6 nitrogen and oxygen atoms in total. The molecule has 1 amide bonds. The van der Waals surface area contributed by atoms with Crippen molar-refractivity contribution in [2.75, 3.05) is 13.1 Å². The maximum Gasteiger partial charge on any atom is 0.410 e. The number of pyridine rings is 1. The Bertz CT molecular complexity index is 1140. The maximum atomic E-state index is 15.3. The average Bonchev–Trinajstić information content (AvgIpc) is 2.97. The summed E-state index contributed by atoms with van der Waals surface area (Å²) in [5, 5.41) is 0.697. The Morgan fingerprint density at radius 2 is 2.03 bits per heavy atom. The minimum atomic E-state index is -1.30. The minimum Gasteiger partial charge on any atom is -0.444 e. The van der Waals surface area contributed by atoms with Gasteiger partial charge in [0.2, 0.25) is 0 Å². The zero-order chi connectivity index (χ0) is 21.8. The van der Waals surface area contributed by atoms with E-state index in [1.807, 2.05) is 11.5 Å². The fraction of sp³-hybridized carbons (Fsp3) is 0.476. The molecular weight excluding hydrogens is 458 g/mol. The third-order valence-electron chi connectivity index (χ3n) is 5.22. The molecule has 1 saturated heterocycles. The van der Waals surface area contributed by atoms with E-state index in [1.165, 1.54) is 11.0 Å². The third-order valence-corrected chi connectivity index (χ3v) is 5.83. The molecule has 2 atom stereocenters. The van der Waals surface area contributed by atoms with E-state index >= 15 is 4.39 Å². The SMILES string of the molecule is Cc1nc2cnc3cc(F)c(Br)cc3c2n1[C@H]1CCN(C(=O)OC(C)(C)C)C[C@@H]1F. The Hall–Kier alpha value is -2.29. The molecule has 0 unspecified atom stereocenters. The molecule has 30 heavy (non-hydrogen) atoms. The summed E-state index contributed by atoms with van der Waals surface area (Å²) in [6.45, 7) is 7.49. The van der Waals surface area contributed by atoms with Gasteiger partial charge in [0.05, 0.1) is 34.3 Å². The van der Waals surface area contributed by atoms with Gasteiger partial charge in [-0.1, -0.05) is 0 Å². The number of carbonyl (C=O) groups is 1. The molecule has 9 heteroatoms. The quantitative estimate of drug-likeness (QED) is 0.473. The van der Waals surface area contributed by atoms with Crippen molar-refractivity contribution in [3.63, 3.8) is 0 Å². The molecule has 0 N–H and O–H groups in total. The summed E-state index contributed by atoms with van der Waals surface area (Å²) >= 11 is 3.22. The van der Waals surface area contributed by atoms with E-state index in [9.17, 15) is 9.18 Å². The van der Waals surface area contributed by atoms with Gasteiger partial charge in [-0.15, -0.1) is 0 Å². The molecule has 1 aromatic carbocycles. The molecule has 0 bridgehead atoms. The Kier molecular flexibility index (Phi) is 5.20. The number of hydrogen-bond donors (Lipinski definition) is 0. The van der Waals surface area contributed by atoms with Crippen LogP contribution in [0.15, 0.2) is 22.8 Å². The molecule has 4 rings (SSSR count). The topological polar surface area (TPSA) is 60.2 Å². The van der Waals surface area contributed by atoms with E-state index in [-0.39, 0.29) is 6.54 Å². The number of alkyl halides is 1. The number of rotatable bonds is 1. The highest BCUT2D eigenvalue weighted by atomic mass is 79.9.